The summed E-state index contributed by atoms with van der Waals surface area (Å²) in [6.45, 7) is 0. The van der Waals surface area contributed by atoms with Gasteiger partial charge in [0.05, 0.1) is 20.3 Å². The van der Waals surface area contributed by atoms with Crippen molar-refractivity contribution in [3.8, 4) is 11.5 Å². The molecular formula is C16H18ClNO2. The Bertz CT molecular complexity index is 586. The summed E-state index contributed by atoms with van der Waals surface area (Å²) in [6.07, 6.45) is 0. The summed E-state index contributed by atoms with van der Waals surface area (Å²) in [5, 5.41) is 4.02. The first-order valence-corrected chi connectivity index (χ1v) is 6.72. The molecule has 0 radical (unpaired) electrons. The van der Waals surface area contributed by atoms with Crippen LogP contribution >= 0.6 is 11.6 Å². The van der Waals surface area contributed by atoms with E-state index in [9.17, 15) is 0 Å². The minimum atomic E-state index is 0.0495. The van der Waals surface area contributed by atoms with Crippen molar-refractivity contribution in [1.29, 1.82) is 0 Å². The van der Waals surface area contributed by atoms with E-state index in [0.29, 0.717) is 5.75 Å². The van der Waals surface area contributed by atoms with Gasteiger partial charge < -0.3 is 14.8 Å². The van der Waals surface area contributed by atoms with E-state index in [0.717, 1.165) is 21.9 Å². The summed E-state index contributed by atoms with van der Waals surface area (Å²) in [5.41, 5.74) is 2.19. The molecule has 0 aliphatic rings. The largest absolute Gasteiger partial charge is 0.493 e. The second kappa shape index (κ2) is 6.64. The summed E-state index contributed by atoms with van der Waals surface area (Å²) in [6, 6.07) is 13.8. The van der Waals surface area contributed by atoms with Crippen LogP contribution in [-0.2, 0) is 0 Å². The lowest BCUT2D eigenvalue weighted by Gasteiger charge is -2.19. The van der Waals surface area contributed by atoms with E-state index in [1.54, 1.807) is 14.2 Å². The second-order valence-electron chi connectivity index (χ2n) is 4.39. The quantitative estimate of drug-likeness (QED) is 0.912. The Morgan fingerprint density at radius 1 is 0.950 bits per heavy atom. The van der Waals surface area contributed by atoms with Crippen LogP contribution in [0.1, 0.15) is 17.2 Å². The van der Waals surface area contributed by atoms with Gasteiger partial charge in [-0.1, -0.05) is 29.8 Å². The molecule has 1 atom stereocenters. The van der Waals surface area contributed by atoms with Crippen molar-refractivity contribution in [2.24, 2.45) is 0 Å². The molecule has 1 unspecified atom stereocenters. The maximum Gasteiger partial charge on any atom is 0.161 e. The summed E-state index contributed by atoms with van der Waals surface area (Å²) in [4.78, 5) is 0. The van der Waals surface area contributed by atoms with E-state index in [2.05, 4.69) is 5.32 Å². The van der Waals surface area contributed by atoms with Gasteiger partial charge in [0.1, 0.15) is 0 Å². The number of halogens is 1. The first-order valence-electron chi connectivity index (χ1n) is 6.34. The van der Waals surface area contributed by atoms with Crippen molar-refractivity contribution >= 4 is 11.6 Å². The molecule has 20 heavy (non-hydrogen) atoms. The standard InChI is InChI=1S/C16H18ClNO2/c1-18-16(11-5-4-6-13(17)9-11)12-7-8-14(19-2)15(10-12)20-3/h4-10,16,18H,1-3H3. The summed E-state index contributed by atoms with van der Waals surface area (Å²) >= 11 is 6.07. The molecule has 0 fully saturated rings. The number of hydrogen-bond donors (Lipinski definition) is 1. The molecule has 0 saturated carbocycles. The second-order valence-corrected chi connectivity index (χ2v) is 4.83. The molecule has 2 rings (SSSR count). The lowest BCUT2D eigenvalue weighted by atomic mass is 9.98. The molecule has 0 spiro atoms. The van der Waals surface area contributed by atoms with Crippen molar-refractivity contribution in [2.75, 3.05) is 21.3 Å². The SMILES string of the molecule is CNC(c1cccc(Cl)c1)c1ccc(OC)c(OC)c1. The molecule has 2 aromatic rings. The zero-order valence-corrected chi connectivity index (χ0v) is 12.6. The molecule has 0 aliphatic carbocycles. The highest BCUT2D eigenvalue weighted by molar-refractivity contribution is 6.30. The Balaban J connectivity index is 2.41. The van der Waals surface area contributed by atoms with Gasteiger partial charge in [0.15, 0.2) is 11.5 Å². The number of benzene rings is 2. The van der Waals surface area contributed by atoms with E-state index in [4.69, 9.17) is 21.1 Å². The van der Waals surface area contributed by atoms with Crippen molar-refractivity contribution in [3.63, 3.8) is 0 Å². The zero-order chi connectivity index (χ0) is 14.5. The van der Waals surface area contributed by atoms with Gasteiger partial charge in [-0.3, -0.25) is 0 Å². The van der Waals surface area contributed by atoms with Crippen LogP contribution in [-0.4, -0.2) is 21.3 Å². The van der Waals surface area contributed by atoms with E-state index in [1.807, 2.05) is 49.5 Å². The van der Waals surface area contributed by atoms with E-state index < -0.39 is 0 Å². The Labute approximate surface area is 124 Å². The number of ether oxygens (including phenoxy) is 2. The van der Waals surface area contributed by atoms with Gasteiger partial charge in [0.2, 0.25) is 0 Å². The predicted molar refractivity (Wildman–Crippen MR) is 81.9 cm³/mol. The lowest BCUT2D eigenvalue weighted by Crippen LogP contribution is -2.17. The average molecular weight is 292 g/mol. The van der Waals surface area contributed by atoms with Crippen LogP contribution in [0.4, 0.5) is 0 Å². The Hall–Kier alpha value is -1.71. The fraction of sp³-hybridized carbons (Fsp3) is 0.250. The van der Waals surface area contributed by atoms with Crippen LogP contribution in [0.3, 0.4) is 0 Å². The van der Waals surface area contributed by atoms with Crippen molar-refractivity contribution in [2.45, 2.75) is 6.04 Å². The maximum absolute atomic E-state index is 6.07. The van der Waals surface area contributed by atoms with Crippen molar-refractivity contribution < 1.29 is 9.47 Å². The number of rotatable bonds is 5. The van der Waals surface area contributed by atoms with Gasteiger partial charge in [-0.05, 0) is 42.4 Å². The minimum Gasteiger partial charge on any atom is -0.493 e. The van der Waals surface area contributed by atoms with E-state index in [1.165, 1.54) is 0 Å². The molecule has 106 valence electrons. The van der Waals surface area contributed by atoms with Crippen LogP contribution in [0.5, 0.6) is 11.5 Å². The molecule has 3 nitrogen and oxygen atoms in total. The van der Waals surface area contributed by atoms with Crippen molar-refractivity contribution in [3.05, 3.63) is 58.6 Å². The molecule has 0 aromatic heterocycles. The summed E-state index contributed by atoms with van der Waals surface area (Å²) in [5.74, 6) is 1.43. The van der Waals surface area contributed by atoms with Gasteiger partial charge >= 0.3 is 0 Å². The normalized spacial score (nSPS) is 12.0. The van der Waals surface area contributed by atoms with Gasteiger partial charge in [-0.25, -0.2) is 0 Å². The fourth-order valence-electron chi connectivity index (χ4n) is 2.24. The molecule has 0 bridgehead atoms. The van der Waals surface area contributed by atoms with Crippen LogP contribution in [0.25, 0.3) is 0 Å². The third-order valence-corrected chi connectivity index (χ3v) is 3.45. The van der Waals surface area contributed by atoms with Gasteiger partial charge in [0, 0.05) is 5.02 Å². The van der Waals surface area contributed by atoms with Gasteiger partial charge in [-0.15, -0.1) is 0 Å². The van der Waals surface area contributed by atoms with Crippen LogP contribution in [0.2, 0.25) is 5.02 Å². The molecule has 0 saturated heterocycles. The van der Waals surface area contributed by atoms with E-state index in [-0.39, 0.29) is 6.04 Å². The number of methoxy groups -OCH3 is 2. The lowest BCUT2D eigenvalue weighted by molar-refractivity contribution is 0.354. The molecule has 4 heteroatoms. The molecule has 2 aromatic carbocycles. The molecular weight excluding hydrogens is 274 g/mol. The highest BCUT2D eigenvalue weighted by atomic mass is 35.5. The predicted octanol–water partition coefficient (Wildman–Crippen LogP) is 3.67. The Morgan fingerprint density at radius 3 is 2.25 bits per heavy atom. The van der Waals surface area contributed by atoms with Gasteiger partial charge in [0.25, 0.3) is 0 Å². The minimum absolute atomic E-state index is 0.0495. The monoisotopic (exact) mass is 291 g/mol. The maximum atomic E-state index is 6.07. The number of nitrogens with one attached hydrogen (secondary N) is 1. The molecule has 0 aliphatic heterocycles. The fourth-order valence-corrected chi connectivity index (χ4v) is 2.44. The molecule has 0 heterocycles. The van der Waals surface area contributed by atoms with Crippen molar-refractivity contribution in [1.82, 2.24) is 5.32 Å². The van der Waals surface area contributed by atoms with Gasteiger partial charge in [-0.2, -0.15) is 0 Å². The third kappa shape index (κ3) is 3.06. The highest BCUT2D eigenvalue weighted by Gasteiger charge is 2.15. The molecule has 0 amide bonds. The third-order valence-electron chi connectivity index (χ3n) is 3.21. The zero-order valence-electron chi connectivity index (χ0n) is 11.8. The topological polar surface area (TPSA) is 30.5 Å². The molecule has 1 N–H and O–H groups in total. The first kappa shape index (κ1) is 14.7. The first-order chi connectivity index (χ1) is 9.69. The van der Waals surface area contributed by atoms with Crippen LogP contribution in [0, 0.1) is 0 Å². The number of hydrogen-bond acceptors (Lipinski definition) is 3. The Kier molecular flexibility index (Phi) is 4.88. The average Bonchev–Trinajstić information content (AvgIpc) is 2.48. The summed E-state index contributed by atoms with van der Waals surface area (Å²) in [7, 11) is 5.18. The van der Waals surface area contributed by atoms with Crippen LogP contribution in [0.15, 0.2) is 42.5 Å². The van der Waals surface area contributed by atoms with E-state index >= 15 is 0 Å². The Morgan fingerprint density at radius 2 is 1.65 bits per heavy atom. The highest BCUT2D eigenvalue weighted by Crippen LogP contribution is 2.32. The smallest absolute Gasteiger partial charge is 0.161 e. The summed E-state index contributed by atoms with van der Waals surface area (Å²) < 4.78 is 10.6. The van der Waals surface area contributed by atoms with Crippen LogP contribution < -0.4 is 14.8 Å².